The molecule has 1 aromatic rings. The van der Waals surface area contributed by atoms with Gasteiger partial charge in [0, 0.05) is 12.2 Å². The van der Waals surface area contributed by atoms with E-state index in [4.69, 9.17) is 11.6 Å². The van der Waals surface area contributed by atoms with Crippen LogP contribution in [0, 0.1) is 0 Å². The molecule has 0 spiro atoms. The molecule has 2 N–H and O–H groups in total. The van der Waals surface area contributed by atoms with Gasteiger partial charge < -0.3 is 10.4 Å². The van der Waals surface area contributed by atoms with E-state index in [-0.39, 0.29) is 11.9 Å². The Hall–Kier alpha value is -1.48. The summed E-state index contributed by atoms with van der Waals surface area (Å²) in [6, 6.07) is 0.285. The highest BCUT2D eigenvalue weighted by atomic mass is 35.5. The van der Waals surface area contributed by atoms with Gasteiger partial charge in [-0.3, -0.25) is 4.79 Å². The lowest BCUT2D eigenvalue weighted by atomic mass is 9.97. The SMILES string of the molecule is CC(=O)c1c(NCC(O)CCl)cc(C(F)(F)F)cc1C(F)(F)F. The monoisotopic (exact) mass is 363 g/mol. The Morgan fingerprint density at radius 2 is 1.78 bits per heavy atom. The Balaban J connectivity index is 3.53. The third-order valence-electron chi connectivity index (χ3n) is 2.83. The zero-order chi connectivity index (χ0) is 18.0. The van der Waals surface area contributed by atoms with E-state index in [1.807, 2.05) is 0 Å². The number of rotatable bonds is 5. The number of Topliss-reactive ketones (excluding diaryl/α,β-unsaturated/α-hetero) is 1. The summed E-state index contributed by atoms with van der Waals surface area (Å²) in [5, 5.41) is 11.5. The first-order chi connectivity index (χ1) is 10.4. The van der Waals surface area contributed by atoms with Crippen molar-refractivity contribution in [3.63, 3.8) is 0 Å². The van der Waals surface area contributed by atoms with Gasteiger partial charge in [0.2, 0.25) is 0 Å². The van der Waals surface area contributed by atoms with E-state index >= 15 is 0 Å². The summed E-state index contributed by atoms with van der Waals surface area (Å²) in [6.07, 6.45) is -11.4. The third kappa shape index (κ3) is 5.00. The summed E-state index contributed by atoms with van der Waals surface area (Å²) in [5.74, 6) is -1.35. The normalized spacial score (nSPS) is 13.8. The smallest absolute Gasteiger partial charge is 0.390 e. The fraction of sp³-hybridized carbons (Fsp3) is 0.462. The standard InChI is InChI=1S/C13H12ClF6NO2/c1-6(22)11-9(13(18,19)20)2-7(12(15,16)17)3-10(11)21-5-8(23)4-14/h2-3,8,21,23H,4-5H2,1H3. The minimum atomic E-state index is -5.15. The largest absolute Gasteiger partial charge is 0.417 e. The van der Waals surface area contributed by atoms with Gasteiger partial charge in [-0.25, -0.2) is 0 Å². The van der Waals surface area contributed by atoms with Gasteiger partial charge in [-0.15, -0.1) is 11.6 Å². The number of alkyl halides is 7. The van der Waals surface area contributed by atoms with Crippen LogP contribution in [-0.4, -0.2) is 29.4 Å². The molecular formula is C13H12ClF6NO2. The molecule has 3 nitrogen and oxygen atoms in total. The van der Waals surface area contributed by atoms with Crippen molar-refractivity contribution in [2.75, 3.05) is 17.7 Å². The molecule has 1 rings (SSSR count). The molecule has 0 aliphatic heterocycles. The zero-order valence-corrected chi connectivity index (χ0v) is 12.4. The number of benzene rings is 1. The van der Waals surface area contributed by atoms with Crippen LogP contribution in [0.4, 0.5) is 32.0 Å². The molecule has 0 amide bonds. The van der Waals surface area contributed by atoms with Crippen LogP contribution in [0.5, 0.6) is 0 Å². The first-order valence-electron chi connectivity index (χ1n) is 6.19. The van der Waals surface area contributed by atoms with E-state index in [1.54, 1.807) is 0 Å². The topological polar surface area (TPSA) is 49.3 Å². The molecule has 0 radical (unpaired) electrons. The van der Waals surface area contributed by atoms with E-state index in [2.05, 4.69) is 5.32 Å². The van der Waals surface area contributed by atoms with Crippen molar-refractivity contribution in [1.29, 1.82) is 0 Å². The maximum atomic E-state index is 13.0. The van der Waals surface area contributed by atoms with Gasteiger partial charge in [0.1, 0.15) is 0 Å². The Morgan fingerprint density at radius 1 is 1.22 bits per heavy atom. The molecular weight excluding hydrogens is 352 g/mol. The third-order valence-corrected chi connectivity index (χ3v) is 3.19. The van der Waals surface area contributed by atoms with Gasteiger partial charge in [0.05, 0.1) is 28.7 Å². The molecule has 130 valence electrons. The van der Waals surface area contributed by atoms with E-state index < -0.39 is 53.2 Å². The number of ketones is 1. The highest BCUT2D eigenvalue weighted by Gasteiger charge is 2.40. The molecule has 10 heteroatoms. The van der Waals surface area contributed by atoms with Crippen molar-refractivity contribution in [3.05, 3.63) is 28.8 Å². The molecule has 0 fully saturated rings. The summed E-state index contributed by atoms with van der Waals surface area (Å²) >= 11 is 5.31. The molecule has 1 atom stereocenters. The zero-order valence-electron chi connectivity index (χ0n) is 11.6. The van der Waals surface area contributed by atoms with Gasteiger partial charge in [0.15, 0.2) is 5.78 Å². The number of hydrogen-bond acceptors (Lipinski definition) is 3. The van der Waals surface area contributed by atoms with Crippen LogP contribution in [-0.2, 0) is 12.4 Å². The van der Waals surface area contributed by atoms with Crippen LogP contribution in [0.2, 0.25) is 0 Å². The van der Waals surface area contributed by atoms with Crippen LogP contribution < -0.4 is 5.32 Å². The Kier molecular flexibility index (Phi) is 5.92. The number of carbonyl (C=O) groups excluding carboxylic acids is 1. The molecule has 0 bridgehead atoms. The van der Waals surface area contributed by atoms with Crippen molar-refractivity contribution in [3.8, 4) is 0 Å². The number of aliphatic hydroxyl groups excluding tert-OH is 1. The molecule has 1 aromatic carbocycles. The summed E-state index contributed by atoms with van der Waals surface area (Å²) in [7, 11) is 0. The lowest BCUT2D eigenvalue weighted by molar-refractivity contribution is -0.143. The summed E-state index contributed by atoms with van der Waals surface area (Å²) in [6.45, 7) is 0.392. The van der Waals surface area contributed by atoms with E-state index in [1.165, 1.54) is 0 Å². The van der Waals surface area contributed by atoms with E-state index in [9.17, 15) is 36.2 Å². The van der Waals surface area contributed by atoms with Crippen molar-refractivity contribution < 1.29 is 36.2 Å². The number of nitrogens with one attached hydrogen (secondary N) is 1. The van der Waals surface area contributed by atoms with E-state index in [0.29, 0.717) is 6.07 Å². The van der Waals surface area contributed by atoms with Gasteiger partial charge >= 0.3 is 12.4 Å². The number of carbonyl (C=O) groups is 1. The lowest BCUT2D eigenvalue weighted by Crippen LogP contribution is -2.24. The van der Waals surface area contributed by atoms with Crippen molar-refractivity contribution in [2.24, 2.45) is 0 Å². The quantitative estimate of drug-likeness (QED) is 0.473. The number of hydrogen-bond donors (Lipinski definition) is 2. The average molecular weight is 364 g/mol. The highest BCUT2D eigenvalue weighted by molar-refractivity contribution is 6.18. The summed E-state index contributed by atoms with van der Waals surface area (Å²) in [5.41, 5.74) is -4.84. The number of aliphatic hydroxyl groups is 1. The van der Waals surface area contributed by atoms with Gasteiger partial charge in [0.25, 0.3) is 0 Å². The lowest BCUT2D eigenvalue weighted by Gasteiger charge is -2.20. The second-order valence-electron chi connectivity index (χ2n) is 4.69. The first-order valence-corrected chi connectivity index (χ1v) is 6.72. The molecule has 0 aliphatic carbocycles. The molecule has 23 heavy (non-hydrogen) atoms. The van der Waals surface area contributed by atoms with Crippen molar-refractivity contribution in [2.45, 2.75) is 25.4 Å². The molecule has 0 heterocycles. The minimum Gasteiger partial charge on any atom is -0.390 e. The predicted octanol–water partition coefficient (Wildman–Crippen LogP) is 3.94. The van der Waals surface area contributed by atoms with Crippen LogP contribution in [0.15, 0.2) is 12.1 Å². The molecule has 0 aromatic heterocycles. The Labute approximate surface area is 132 Å². The summed E-state index contributed by atoms with van der Waals surface area (Å²) in [4.78, 5) is 11.5. The van der Waals surface area contributed by atoms with E-state index in [0.717, 1.165) is 6.92 Å². The van der Waals surface area contributed by atoms with Gasteiger partial charge in [-0.05, 0) is 19.1 Å². The molecule has 1 unspecified atom stereocenters. The fourth-order valence-electron chi connectivity index (χ4n) is 1.83. The molecule has 0 saturated carbocycles. The van der Waals surface area contributed by atoms with Crippen LogP contribution >= 0.6 is 11.6 Å². The minimum absolute atomic E-state index is 0.111. The molecule has 0 aliphatic rings. The van der Waals surface area contributed by atoms with Crippen molar-refractivity contribution in [1.82, 2.24) is 0 Å². The van der Waals surface area contributed by atoms with Crippen LogP contribution in [0.25, 0.3) is 0 Å². The second kappa shape index (κ2) is 6.96. The average Bonchev–Trinajstić information content (AvgIpc) is 2.41. The number of halogens is 7. The van der Waals surface area contributed by atoms with Gasteiger partial charge in [-0.1, -0.05) is 0 Å². The maximum Gasteiger partial charge on any atom is 0.417 e. The first kappa shape index (κ1) is 19.6. The van der Waals surface area contributed by atoms with Crippen LogP contribution in [0.3, 0.4) is 0 Å². The van der Waals surface area contributed by atoms with Crippen LogP contribution in [0.1, 0.15) is 28.4 Å². The number of anilines is 1. The maximum absolute atomic E-state index is 13.0. The Bertz CT molecular complexity index is 585. The Morgan fingerprint density at radius 3 is 2.17 bits per heavy atom. The van der Waals surface area contributed by atoms with Crippen molar-refractivity contribution >= 4 is 23.1 Å². The fourth-order valence-corrected chi connectivity index (χ4v) is 1.94. The predicted molar refractivity (Wildman–Crippen MR) is 71.7 cm³/mol. The van der Waals surface area contributed by atoms with Gasteiger partial charge in [-0.2, -0.15) is 26.3 Å². The summed E-state index contributed by atoms with van der Waals surface area (Å²) < 4.78 is 77.4. The molecule has 0 saturated heterocycles. The second-order valence-corrected chi connectivity index (χ2v) is 5.00. The highest BCUT2D eigenvalue weighted by Crippen LogP contribution is 2.40.